The summed E-state index contributed by atoms with van der Waals surface area (Å²) in [4.78, 5) is 17.0. The minimum Gasteiger partial charge on any atom is -0.672 e. The van der Waals surface area contributed by atoms with Crippen molar-refractivity contribution in [2.45, 2.75) is 0 Å². The maximum absolute atomic E-state index is 8.52. The molecule has 0 aliphatic rings. The summed E-state index contributed by atoms with van der Waals surface area (Å²) in [7, 11) is -3.63. The zero-order valence-electron chi connectivity index (χ0n) is 2.93. The molecule has 0 N–H and O–H groups in total. The molecule has 0 aliphatic carbocycles. The molecule has 1 unspecified atom stereocenters. The van der Waals surface area contributed by atoms with Crippen LogP contribution < -0.4 is 9.59 Å². The first-order valence-corrected chi connectivity index (χ1v) is 1.84. The van der Waals surface area contributed by atoms with Gasteiger partial charge in [-0.15, -0.1) is 0 Å². The van der Waals surface area contributed by atoms with Gasteiger partial charge in [0.15, 0.2) is 0 Å². The summed E-state index contributed by atoms with van der Waals surface area (Å²) in [5.74, 6) is 0. The first-order chi connectivity index (χ1) is 1.73. The van der Waals surface area contributed by atoms with Crippen LogP contribution in [0.15, 0.2) is 0 Å². The Balaban J connectivity index is -0.0000000450. The summed E-state index contributed by atoms with van der Waals surface area (Å²) in [6.07, 6.45) is 0. The molecule has 0 aliphatic heterocycles. The fraction of sp³-hybridized carbons (Fsp3) is 0. The molecule has 0 rings (SSSR count). The van der Waals surface area contributed by atoms with Crippen LogP contribution in [0.4, 0.5) is 0 Å². The molecule has 0 amide bonds. The predicted molar refractivity (Wildman–Crippen MR) is 23.3 cm³/mol. The van der Waals surface area contributed by atoms with Crippen LogP contribution in [0.2, 0.25) is 0 Å². The van der Waals surface area contributed by atoms with E-state index in [-0.39, 0.29) is 37.2 Å². The molecule has 1 atom stereocenters. The van der Waals surface area contributed by atoms with Gasteiger partial charge in [0.1, 0.15) is 0 Å². The van der Waals surface area contributed by atoms with Gasteiger partial charge in [-0.25, -0.2) is 0 Å². The maximum Gasteiger partial charge on any atom is 2.00 e. The van der Waals surface area contributed by atoms with E-state index in [9.17, 15) is 0 Å². The van der Waals surface area contributed by atoms with E-state index in [4.69, 9.17) is 14.1 Å². The Hall–Kier alpha value is 0.969. The van der Waals surface area contributed by atoms with Crippen LogP contribution in [0.5, 0.6) is 0 Å². The van der Waals surface area contributed by atoms with Crippen molar-refractivity contribution in [1.29, 1.82) is 0 Å². The fourth-order valence-corrected chi connectivity index (χ4v) is 0. The fourth-order valence-electron chi connectivity index (χ4n) is 0. The molecule has 0 aromatic rings. The van der Waals surface area contributed by atoms with Crippen LogP contribution in [-0.2, 0) is 4.46 Å². The Morgan fingerprint density at radius 3 is 1.33 bits per heavy atom. The Morgan fingerprint density at radius 2 is 1.33 bits per heavy atom. The molecule has 0 spiro atoms. The quantitative estimate of drug-likeness (QED) is 0.349. The van der Waals surface area contributed by atoms with Crippen molar-refractivity contribution >= 4 is 46.4 Å². The Morgan fingerprint density at radius 1 is 1.33 bits per heavy atom. The molecular formula is H3O3PPbSi. The van der Waals surface area contributed by atoms with Gasteiger partial charge < -0.3 is 14.1 Å². The molecule has 0 saturated heterocycles. The summed E-state index contributed by atoms with van der Waals surface area (Å²) in [6.45, 7) is 0. The number of hydrogen-bond acceptors (Lipinski definition) is 3. The van der Waals surface area contributed by atoms with Crippen molar-refractivity contribution < 1.29 is 14.1 Å². The van der Waals surface area contributed by atoms with E-state index < -0.39 is 9.17 Å². The maximum atomic E-state index is 8.52. The summed E-state index contributed by atoms with van der Waals surface area (Å²) in [6, 6.07) is 0. The van der Waals surface area contributed by atoms with E-state index in [2.05, 4.69) is 0 Å². The molecule has 6 heavy (non-hydrogen) atoms. The van der Waals surface area contributed by atoms with E-state index in [0.717, 1.165) is 0 Å². The number of rotatable bonds is 0. The first kappa shape index (κ1) is 15.8. The minimum absolute atomic E-state index is 0. The predicted octanol–water partition coefficient (Wildman–Crippen LogP) is -3.20. The van der Waals surface area contributed by atoms with E-state index in [1.54, 1.807) is 0 Å². The van der Waals surface area contributed by atoms with Gasteiger partial charge in [-0.05, 0) is 0 Å². The molecule has 0 saturated carbocycles. The first-order valence-electron chi connectivity index (χ1n) is 0.612. The zero-order chi connectivity index (χ0) is 3.58. The van der Waals surface area contributed by atoms with Crippen molar-refractivity contribution in [2.24, 2.45) is 0 Å². The van der Waals surface area contributed by atoms with E-state index in [1.807, 2.05) is 0 Å². The second-order valence-electron chi connectivity index (χ2n) is 0.250. The average molecular weight is 317 g/mol. The largest absolute Gasteiger partial charge is 2.00 e. The van der Waals surface area contributed by atoms with Crippen molar-refractivity contribution in [3.8, 4) is 0 Å². The Kier molecular flexibility index (Phi) is 24.6. The molecule has 0 aromatic carbocycles. The number of hydrogen-bond donors (Lipinski definition) is 0. The molecular weight excluding hydrogens is 314 g/mol. The standard InChI is InChI=1S/O3Si.H3P.Pb/c1-4(2)3;;/h;1H3;/q-2;;+2. The van der Waals surface area contributed by atoms with Gasteiger partial charge in [-0.1, -0.05) is 0 Å². The molecule has 3 nitrogen and oxygen atoms in total. The van der Waals surface area contributed by atoms with Crippen LogP contribution in [-0.4, -0.2) is 36.5 Å². The smallest absolute Gasteiger partial charge is 0.672 e. The zero-order valence-corrected chi connectivity index (χ0v) is 9.23. The van der Waals surface area contributed by atoms with Crippen LogP contribution in [0, 0.1) is 0 Å². The molecule has 6 heteroatoms. The normalized spacial score (nSPS) is 4.00. The molecule has 2 radical (unpaired) electrons. The SMILES string of the molecule is O=[Si]([O-])[O-].P.[Pb+2]. The Bertz CT molecular complexity index is 33.8. The molecule has 0 heterocycles. The van der Waals surface area contributed by atoms with Crippen molar-refractivity contribution in [1.82, 2.24) is 0 Å². The average Bonchev–Trinajstić information content (AvgIpc) is 0.811. The van der Waals surface area contributed by atoms with Crippen LogP contribution in [0.1, 0.15) is 0 Å². The summed E-state index contributed by atoms with van der Waals surface area (Å²) < 4.78 is 8.52. The van der Waals surface area contributed by atoms with Crippen LogP contribution >= 0.6 is 9.90 Å². The summed E-state index contributed by atoms with van der Waals surface area (Å²) in [5.41, 5.74) is 0. The molecule has 34 valence electrons. The molecule has 0 bridgehead atoms. The summed E-state index contributed by atoms with van der Waals surface area (Å²) in [5, 5.41) is 0. The minimum atomic E-state index is -3.63. The second kappa shape index (κ2) is 9.36. The molecule has 0 aromatic heterocycles. The monoisotopic (exact) mass is 318 g/mol. The van der Waals surface area contributed by atoms with Crippen molar-refractivity contribution in [3.05, 3.63) is 0 Å². The van der Waals surface area contributed by atoms with Gasteiger partial charge in [0.05, 0.1) is 0 Å². The van der Waals surface area contributed by atoms with Gasteiger partial charge in [0.2, 0.25) is 0 Å². The van der Waals surface area contributed by atoms with Gasteiger partial charge >= 0.3 is 27.3 Å². The summed E-state index contributed by atoms with van der Waals surface area (Å²) >= 11 is 0. The third-order valence-corrected chi connectivity index (χ3v) is 0. The van der Waals surface area contributed by atoms with E-state index >= 15 is 0 Å². The second-order valence-corrected chi connectivity index (χ2v) is 0.750. The van der Waals surface area contributed by atoms with E-state index in [0.29, 0.717) is 0 Å². The van der Waals surface area contributed by atoms with Gasteiger partial charge in [0.25, 0.3) is 0 Å². The van der Waals surface area contributed by atoms with Gasteiger partial charge in [-0.2, -0.15) is 9.90 Å². The van der Waals surface area contributed by atoms with Crippen LogP contribution in [0.25, 0.3) is 0 Å². The van der Waals surface area contributed by atoms with Crippen LogP contribution in [0.3, 0.4) is 0 Å². The third kappa shape index (κ3) is 83.4. The van der Waals surface area contributed by atoms with Gasteiger partial charge in [-0.3, -0.25) is 0 Å². The third-order valence-electron chi connectivity index (χ3n) is 0. The topological polar surface area (TPSA) is 63.2 Å². The van der Waals surface area contributed by atoms with Gasteiger partial charge in [0, 0.05) is 9.17 Å². The van der Waals surface area contributed by atoms with E-state index in [1.165, 1.54) is 0 Å². The van der Waals surface area contributed by atoms with Crippen molar-refractivity contribution in [2.75, 3.05) is 0 Å². The molecule has 0 fully saturated rings. The Labute approximate surface area is 60.4 Å². The van der Waals surface area contributed by atoms with Crippen molar-refractivity contribution in [3.63, 3.8) is 0 Å².